The Hall–Kier alpha value is -3.35. The van der Waals surface area contributed by atoms with Crippen LogP contribution in [0.2, 0.25) is 5.02 Å². The maximum absolute atomic E-state index is 11.9. The Kier molecular flexibility index (Phi) is 12.4. The van der Waals surface area contributed by atoms with Gasteiger partial charge in [0, 0.05) is 23.7 Å². The van der Waals surface area contributed by atoms with Gasteiger partial charge in [-0.05, 0) is 49.4 Å². The van der Waals surface area contributed by atoms with E-state index in [4.69, 9.17) is 32.1 Å². The van der Waals surface area contributed by atoms with Crippen LogP contribution in [0.3, 0.4) is 0 Å². The Labute approximate surface area is 211 Å². The molecule has 0 radical (unpaired) electrons. The van der Waals surface area contributed by atoms with E-state index in [1.807, 2.05) is 44.3 Å². The third-order valence-electron chi connectivity index (χ3n) is 5.08. The number of esters is 1. The van der Waals surface area contributed by atoms with Gasteiger partial charge in [0.2, 0.25) is 5.96 Å². The van der Waals surface area contributed by atoms with E-state index in [-0.39, 0.29) is 12.6 Å². The van der Waals surface area contributed by atoms with Gasteiger partial charge in [0.1, 0.15) is 11.8 Å². The first-order valence-corrected chi connectivity index (χ1v) is 12.0. The lowest BCUT2D eigenvalue weighted by atomic mass is 10.1. The molecule has 0 aliphatic heterocycles. The number of ether oxygens (including phenoxy) is 2. The molecule has 188 valence electrons. The third-order valence-corrected chi connectivity index (χ3v) is 5.33. The number of hydrogen-bond acceptors (Lipinski definition) is 6. The van der Waals surface area contributed by atoms with E-state index in [0.717, 1.165) is 37.1 Å². The summed E-state index contributed by atoms with van der Waals surface area (Å²) >= 11 is 5.86. The molecule has 10 heteroatoms. The summed E-state index contributed by atoms with van der Waals surface area (Å²) in [5, 5.41) is 15.4. The van der Waals surface area contributed by atoms with Crippen molar-refractivity contribution in [3.63, 3.8) is 0 Å². The third kappa shape index (κ3) is 11.1. The highest BCUT2D eigenvalue weighted by Gasteiger charge is 2.19. The number of nitrogens with zero attached hydrogens (tertiary/aromatic N) is 3. The maximum atomic E-state index is 11.9. The molecule has 0 saturated heterocycles. The molecule has 2 aromatic rings. The number of halogens is 1. The lowest BCUT2D eigenvalue weighted by Gasteiger charge is -2.12. The van der Waals surface area contributed by atoms with E-state index in [9.17, 15) is 4.79 Å². The topological polar surface area (TPSA) is 126 Å². The first kappa shape index (κ1) is 27.9. The SMILES string of the molecule is CC(C)[C@@H](N)C(=O)OC[n+]1ccc(NC(=NCCCCCCOc2ccc(Cl)cc2)NC#N)cc1. The van der Waals surface area contributed by atoms with Gasteiger partial charge in [-0.2, -0.15) is 9.83 Å². The van der Waals surface area contributed by atoms with Crippen LogP contribution in [-0.4, -0.2) is 31.1 Å². The molecule has 1 heterocycles. The zero-order chi connectivity index (χ0) is 25.5. The number of anilines is 1. The molecule has 0 aliphatic rings. The molecule has 0 aliphatic carbocycles. The summed E-state index contributed by atoms with van der Waals surface area (Å²) in [6, 6.07) is 10.3. The van der Waals surface area contributed by atoms with E-state index in [0.29, 0.717) is 24.1 Å². The van der Waals surface area contributed by atoms with Crippen molar-refractivity contribution in [2.75, 3.05) is 18.5 Å². The molecule has 0 spiro atoms. The van der Waals surface area contributed by atoms with Crippen LogP contribution in [0.5, 0.6) is 5.75 Å². The van der Waals surface area contributed by atoms with Crippen LogP contribution in [0.1, 0.15) is 39.5 Å². The van der Waals surface area contributed by atoms with Gasteiger partial charge in [-0.1, -0.05) is 31.9 Å². The fraction of sp³-hybridized carbons (Fsp3) is 0.440. The first-order chi connectivity index (χ1) is 16.9. The van der Waals surface area contributed by atoms with Gasteiger partial charge in [0.15, 0.2) is 18.6 Å². The number of hydrogen-bond donors (Lipinski definition) is 3. The van der Waals surface area contributed by atoms with Gasteiger partial charge in [0.05, 0.1) is 12.3 Å². The van der Waals surface area contributed by atoms with Crippen LogP contribution in [-0.2, 0) is 16.3 Å². The molecule has 1 atom stereocenters. The van der Waals surface area contributed by atoms with Crippen LogP contribution in [0.4, 0.5) is 5.69 Å². The smallest absolute Gasteiger partial charge is 0.327 e. The normalized spacial score (nSPS) is 12.1. The fourth-order valence-corrected chi connectivity index (χ4v) is 3.04. The summed E-state index contributed by atoms with van der Waals surface area (Å²) in [6.45, 7) is 5.06. The summed E-state index contributed by atoms with van der Waals surface area (Å²) in [5.74, 6) is 0.778. The second-order valence-corrected chi connectivity index (χ2v) is 8.71. The van der Waals surface area contributed by atoms with E-state index >= 15 is 0 Å². The number of nitrogens with one attached hydrogen (secondary N) is 2. The van der Waals surface area contributed by atoms with Crippen molar-refractivity contribution in [1.82, 2.24) is 5.32 Å². The zero-order valence-corrected chi connectivity index (χ0v) is 21.0. The molecule has 0 unspecified atom stereocenters. The molecule has 9 nitrogen and oxygen atoms in total. The minimum atomic E-state index is -0.643. The number of aliphatic imine (C=N–C) groups is 1. The lowest BCUT2D eigenvalue weighted by Crippen LogP contribution is -2.42. The molecule has 0 saturated carbocycles. The molecule has 1 aromatic heterocycles. The summed E-state index contributed by atoms with van der Waals surface area (Å²) < 4.78 is 12.6. The number of carbonyl (C=O) groups excluding carboxylic acids is 1. The van der Waals surface area contributed by atoms with Crippen molar-refractivity contribution in [3.8, 4) is 11.9 Å². The Bertz CT molecular complexity index is 974. The molecule has 2 rings (SSSR count). The Balaban J connectivity index is 1.68. The molecular weight excluding hydrogens is 468 g/mol. The van der Waals surface area contributed by atoms with E-state index in [1.165, 1.54) is 0 Å². The highest BCUT2D eigenvalue weighted by molar-refractivity contribution is 6.30. The average molecular weight is 502 g/mol. The predicted molar refractivity (Wildman–Crippen MR) is 136 cm³/mol. The molecule has 0 fully saturated rings. The monoisotopic (exact) mass is 501 g/mol. The number of benzene rings is 1. The number of nitrogens with two attached hydrogens (primary N) is 1. The van der Waals surface area contributed by atoms with Gasteiger partial charge >= 0.3 is 5.97 Å². The largest absolute Gasteiger partial charge is 0.494 e. The van der Waals surface area contributed by atoms with Crippen LogP contribution < -0.4 is 25.7 Å². The number of carbonyl (C=O) groups is 1. The minimum absolute atomic E-state index is 0.0125. The highest BCUT2D eigenvalue weighted by Crippen LogP contribution is 2.16. The number of guanidine groups is 1. The second-order valence-electron chi connectivity index (χ2n) is 8.27. The number of nitriles is 1. The van der Waals surface area contributed by atoms with Crippen LogP contribution in [0, 0.1) is 17.4 Å². The number of aromatic nitrogens is 1. The molecule has 4 N–H and O–H groups in total. The van der Waals surface area contributed by atoms with Crippen LogP contribution >= 0.6 is 11.6 Å². The van der Waals surface area contributed by atoms with Gasteiger partial charge in [-0.3, -0.25) is 15.1 Å². The predicted octanol–water partition coefficient (Wildman–Crippen LogP) is 3.59. The van der Waals surface area contributed by atoms with Gasteiger partial charge in [-0.15, -0.1) is 0 Å². The summed E-state index contributed by atoms with van der Waals surface area (Å²) in [4.78, 5) is 16.3. The highest BCUT2D eigenvalue weighted by atomic mass is 35.5. The van der Waals surface area contributed by atoms with E-state index < -0.39 is 12.0 Å². The Morgan fingerprint density at radius 2 is 1.83 bits per heavy atom. The molecule has 35 heavy (non-hydrogen) atoms. The Morgan fingerprint density at radius 1 is 1.14 bits per heavy atom. The van der Waals surface area contributed by atoms with Crippen molar-refractivity contribution in [2.24, 2.45) is 16.6 Å². The van der Waals surface area contributed by atoms with Crippen molar-refractivity contribution in [2.45, 2.75) is 52.3 Å². The number of unbranched alkanes of at least 4 members (excludes halogenated alkanes) is 3. The van der Waals surface area contributed by atoms with Crippen molar-refractivity contribution < 1.29 is 18.8 Å². The van der Waals surface area contributed by atoms with Crippen molar-refractivity contribution in [3.05, 3.63) is 53.8 Å². The van der Waals surface area contributed by atoms with E-state index in [1.54, 1.807) is 29.1 Å². The van der Waals surface area contributed by atoms with Crippen LogP contribution in [0.15, 0.2) is 53.8 Å². The summed E-state index contributed by atoms with van der Waals surface area (Å²) in [5.41, 5.74) is 6.53. The second kappa shape index (κ2) is 15.5. The summed E-state index contributed by atoms with van der Waals surface area (Å²) in [7, 11) is 0. The fourth-order valence-electron chi connectivity index (χ4n) is 2.91. The van der Waals surface area contributed by atoms with Gasteiger partial charge in [-0.25, -0.2) is 0 Å². The van der Waals surface area contributed by atoms with Gasteiger partial charge in [0.25, 0.3) is 6.73 Å². The molecule has 0 bridgehead atoms. The number of pyridine rings is 1. The quantitative estimate of drug-likeness (QED) is 0.0728. The zero-order valence-electron chi connectivity index (χ0n) is 20.2. The molecule has 1 aromatic carbocycles. The van der Waals surface area contributed by atoms with Gasteiger partial charge < -0.3 is 20.5 Å². The van der Waals surface area contributed by atoms with Crippen molar-refractivity contribution in [1.29, 1.82) is 5.26 Å². The number of rotatable bonds is 13. The standard InChI is InChI=1S/C25H33ClN6O3/c1-19(2)23(28)24(33)35-18-32-14-11-21(12-15-32)31-25(30-17-27)29-13-5-3-4-6-16-34-22-9-7-20(26)8-10-22/h7-12,14-15,19,23H,3-6,13,16,18,28H2,1-2H3,(H,29,30)/p+1/t23-/m1/s1. The summed E-state index contributed by atoms with van der Waals surface area (Å²) in [6.07, 6.45) is 9.31. The van der Waals surface area contributed by atoms with Crippen LogP contribution in [0.25, 0.3) is 0 Å². The lowest BCUT2D eigenvalue weighted by molar-refractivity contribution is -0.727. The Morgan fingerprint density at radius 3 is 2.49 bits per heavy atom. The maximum Gasteiger partial charge on any atom is 0.327 e. The average Bonchev–Trinajstić information content (AvgIpc) is 2.85. The molecular formula is C25H34ClN6O3+. The molecule has 0 amide bonds. The van der Waals surface area contributed by atoms with E-state index in [2.05, 4.69) is 15.6 Å². The minimum Gasteiger partial charge on any atom is -0.494 e. The first-order valence-electron chi connectivity index (χ1n) is 11.7. The van der Waals surface area contributed by atoms with Crippen molar-refractivity contribution >= 4 is 29.2 Å².